The molecule has 27 heavy (non-hydrogen) atoms. The van der Waals surface area contributed by atoms with E-state index in [2.05, 4.69) is 22.2 Å². The van der Waals surface area contributed by atoms with Gasteiger partial charge in [0, 0.05) is 30.9 Å². The first-order valence-corrected chi connectivity index (χ1v) is 8.49. The summed E-state index contributed by atoms with van der Waals surface area (Å²) in [4.78, 5) is 27.8. The lowest BCUT2D eigenvalue weighted by Gasteiger charge is -2.10. The number of carbonyl (C=O) groups is 2. The van der Waals surface area contributed by atoms with Gasteiger partial charge in [-0.1, -0.05) is 24.2 Å². The van der Waals surface area contributed by atoms with Crippen LogP contribution in [0.2, 0.25) is 5.02 Å². The number of hydrogen-bond acceptors (Lipinski definition) is 4. The van der Waals surface area contributed by atoms with Crippen molar-refractivity contribution in [2.24, 2.45) is 0 Å². The number of ether oxygens (including phenoxy) is 1. The Morgan fingerprint density at radius 1 is 1.30 bits per heavy atom. The van der Waals surface area contributed by atoms with Gasteiger partial charge in [0.2, 0.25) is 0 Å². The Hall–Kier alpha value is -2.93. The van der Waals surface area contributed by atoms with Crippen LogP contribution in [0.15, 0.2) is 48.8 Å². The van der Waals surface area contributed by atoms with Crippen LogP contribution in [0.4, 0.5) is 4.39 Å². The molecule has 142 valence electrons. The first-order chi connectivity index (χ1) is 12.8. The molecule has 1 aromatic carbocycles. The molecule has 1 heterocycles. The largest absolute Gasteiger partial charge is 0.484 e. The van der Waals surface area contributed by atoms with Gasteiger partial charge in [-0.15, -0.1) is 0 Å². The van der Waals surface area contributed by atoms with Crippen molar-refractivity contribution in [3.05, 3.63) is 70.9 Å². The Labute approximate surface area is 161 Å². The molecule has 0 aliphatic heterocycles. The Balaban J connectivity index is 1.68. The van der Waals surface area contributed by atoms with E-state index in [0.717, 1.165) is 11.6 Å². The highest BCUT2D eigenvalue weighted by molar-refractivity contribution is 6.30. The molecule has 0 saturated carbocycles. The minimum Gasteiger partial charge on any atom is -0.484 e. The summed E-state index contributed by atoms with van der Waals surface area (Å²) in [5.41, 5.74) is 1.69. The zero-order valence-electron chi connectivity index (χ0n) is 14.7. The number of pyridine rings is 1. The predicted octanol–water partition coefficient (Wildman–Crippen LogP) is 3.01. The van der Waals surface area contributed by atoms with E-state index in [9.17, 15) is 14.0 Å². The molecule has 8 heteroatoms. The third kappa shape index (κ3) is 6.71. The Bertz CT molecular complexity index is 841. The van der Waals surface area contributed by atoms with Gasteiger partial charge in [0.25, 0.3) is 11.8 Å². The minimum atomic E-state index is -0.621. The zero-order valence-corrected chi connectivity index (χ0v) is 15.5. The Kier molecular flexibility index (Phi) is 7.31. The smallest absolute Gasteiger partial charge is 0.273 e. The van der Waals surface area contributed by atoms with Crippen molar-refractivity contribution in [2.75, 3.05) is 13.2 Å². The summed E-state index contributed by atoms with van der Waals surface area (Å²) in [6.45, 7) is 5.62. The van der Waals surface area contributed by atoms with E-state index >= 15 is 0 Å². The molecule has 0 atom stereocenters. The molecular formula is C19H19ClFN3O3. The molecule has 0 unspecified atom stereocenters. The van der Waals surface area contributed by atoms with Crippen LogP contribution in [0.1, 0.15) is 22.5 Å². The van der Waals surface area contributed by atoms with Gasteiger partial charge < -0.3 is 15.4 Å². The van der Waals surface area contributed by atoms with Crippen LogP contribution in [0.3, 0.4) is 0 Å². The zero-order chi connectivity index (χ0) is 19.8. The highest BCUT2D eigenvalue weighted by atomic mass is 35.5. The van der Waals surface area contributed by atoms with Gasteiger partial charge in [0.05, 0.1) is 5.02 Å². The van der Waals surface area contributed by atoms with Crippen molar-refractivity contribution in [1.82, 2.24) is 15.6 Å². The van der Waals surface area contributed by atoms with Crippen molar-refractivity contribution in [3.8, 4) is 5.75 Å². The fourth-order valence-corrected chi connectivity index (χ4v) is 2.13. The number of carbonyl (C=O) groups excluding carboxylic acids is 2. The lowest BCUT2D eigenvalue weighted by molar-refractivity contribution is -0.123. The maximum atomic E-state index is 13.3. The summed E-state index contributed by atoms with van der Waals surface area (Å²) >= 11 is 5.57. The van der Waals surface area contributed by atoms with E-state index in [1.165, 1.54) is 12.1 Å². The van der Waals surface area contributed by atoms with Crippen LogP contribution in [0.25, 0.3) is 0 Å². The van der Waals surface area contributed by atoms with E-state index < -0.39 is 5.82 Å². The van der Waals surface area contributed by atoms with Crippen LogP contribution in [0.5, 0.6) is 5.75 Å². The topological polar surface area (TPSA) is 80.3 Å². The molecule has 1 aromatic heterocycles. The highest BCUT2D eigenvalue weighted by Gasteiger charge is 2.09. The monoisotopic (exact) mass is 391 g/mol. The van der Waals surface area contributed by atoms with E-state index in [1.807, 2.05) is 6.92 Å². The van der Waals surface area contributed by atoms with Crippen LogP contribution in [-0.4, -0.2) is 29.9 Å². The lowest BCUT2D eigenvalue weighted by Crippen LogP contribution is -2.31. The van der Waals surface area contributed by atoms with Crippen LogP contribution in [0, 0.1) is 12.7 Å². The van der Waals surface area contributed by atoms with E-state index in [4.69, 9.17) is 16.3 Å². The number of halogens is 2. The van der Waals surface area contributed by atoms with Gasteiger partial charge in [-0.25, -0.2) is 4.39 Å². The first-order valence-electron chi connectivity index (χ1n) is 8.11. The molecule has 2 rings (SSSR count). The standard InChI is InChI=1S/C19H19ClFN3O3/c1-12-3-6-17(23-10-12)19(26)24-13(2)7-8-22-18(25)11-27-14-4-5-15(20)16(21)9-14/h3-6,9-10H,2,7-8,11H2,1H3,(H,22,25)(H,24,26). The van der Waals surface area contributed by atoms with Gasteiger partial charge in [-0.3, -0.25) is 14.6 Å². The molecule has 2 N–H and O–H groups in total. The van der Waals surface area contributed by atoms with Gasteiger partial charge in [0.15, 0.2) is 6.61 Å². The third-order valence-corrected chi connectivity index (χ3v) is 3.75. The summed E-state index contributed by atoms with van der Waals surface area (Å²) in [6, 6.07) is 7.33. The summed E-state index contributed by atoms with van der Waals surface area (Å²) in [5.74, 6) is -1.16. The number of aromatic nitrogens is 1. The van der Waals surface area contributed by atoms with Crippen molar-refractivity contribution in [2.45, 2.75) is 13.3 Å². The summed E-state index contributed by atoms with van der Waals surface area (Å²) < 4.78 is 18.5. The maximum Gasteiger partial charge on any atom is 0.273 e. The number of amides is 2. The average Bonchev–Trinajstić information content (AvgIpc) is 2.63. The van der Waals surface area contributed by atoms with Gasteiger partial charge in [-0.2, -0.15) is 0 Å². The van der Waals surface area contributed by atoms with Crippen LogP contribution >= 0.6 is 11.6 Å². The van der Waals surface area contributed by atoms with Crippen molar-refractivity contribution >= 4 is 23.4 Å². The van der Waals surface area contributed by atoms with Gasteiger partial charge in [0.1, 0.15) is 17.3 Å². The molecule has 0 radical (unpaired) electrons. The second-order valence-corrected chi connectivity index (χ2v) is 6.15. The van der Waals surface area contributed by atoms with Crippen molar-refractivity contribution in [3.63, 3.8) is 0 Å². The Morgan fingerprint density at radius 3 is 2.74 bits per heavy atom. The molecule has 0 aliphatic carbocycles. The number of rotatable bonds is 8. The predicted molar refractivity (Wildman–Crippen MR) is 100 cm³/mol. The highest BCUT2D eigenvalue weighted by Crippen LogP contribution is 2.20. The number of benzene rings is 1. The van der Waals surface area contributed by atoms with Crippen LogP contribution in [-0.2, 0) is 4.79 Å². The number of hydrogen-bond donors (Lipinski definition) is 2. The minimum absolute atomic E-state index is 0.0202. The molecule has 0 saturated heterocycles. The quantitative estimate of drug-likeness (QED) is 0.724. The molecule has 6 nitrogen and oxygen atoms in total. The van der Waals surface area contributed by atoms with Gasteiger partial charge in [-0.05, 0) is 30.7 Å². The van der Waals surface area contributed by atoms with E-state index in [-0.39, 0.29) is 41.4 Å². The summed E-state index contributed by atoms with van der Waals surface area (Å²) in [6.07, 6.45) is 1.95. The lowest BCUT2D eigenvalue weighted by atomic mass is 10.2. The first kappa shape index (κ1) is 20.4. The molecule has 0 fully saturated rings. The van der Waals surface area contributed by atoms with Crippen molar-refractivity contribution < 1.29 is 18.7 Å². The normalized spacial score (nSPS) is 10.2. The number of nitrogens with one attached hydrogen (secondary N) is 2. The molecule has 0 bridgehead atoms. The molecule has 0 spiro atoms. The summed E-state index contributed by atoms with van der Waals surface area (Å²) in [5, 5.41) is 5.22. The van der Waals surface area contributed by atoms with E-state index in [0.29, 0.717) is 12.1 Å². The molecule has 2 aromatic rings. The number of aryl methyl sites for hydroxylation is 1. The van der Waals surface area contributed by atoms with E-state index in [1.54, 1.807) is 18.3 Å². The molecular weight excluding hydrogens is 373 g/mol. The maximum absolute atomic E-state index is 13.3. The average molecular weight is 392 g/mol. The second kappa shape index (κ2) is 9.68. The Morgan fingerprint density at radius 2 is 2.07 bits per heavy atom. The third-order valence-electron chi connectivity index (χ3n) is 3.44. The molecule has 2 amide bonds. The molecule has 0 aliphatic rings. The SMILES string of the molecule is C=C(CCNC(=O)COc1ccc(Cl)c(F)c1)NC(=O)c1ccc(C)cn1. The second-order valence-electron chi connectivity index (χ2n) is 5.74. The fourth-order valence-electron chi connectivity index (χ4n) is 2.01. The van der Waals surface area contributed by atoms with Crippen molar-refractivity contribution in [1.29, 1.82) is 0 Å². The number of nitrogens with zero attached hydrogens (tertiary/aromatic N) is 1. The van der Waals surface area contributed by atoms with Gasteiger partial charge >= 0.3 is 0 Å². The summed E-state index contributed by atoms with van der Waals surface area (Å²) in [7, 11) is 0. The fraction of sp³-hybridized carbons (Fsp3) is 0.211. The van der Waals surface area contributed by atoms with Crippen LogP contribution < -0.4 is 15.4 Å².